The molecule has 7 nitrogen and oxygen atoms in total. The van der Waals surface area contributed by atoms with Gasteiger partial charge in [-0.1, -0.05) is 6.07 Å². The second kappa shape index (κ2) is 13.0. The van der Waals surface area contributed by atoms with Crippen molar-refractivity contribution in [2.45, 2.75) is 0 Å². The van der Waals surface area contributed by atoms with Crippen LogP contribution in [0.4, 0.5) is 34.1 Å². The molecule has 0 spiro atoms. The third kappa shape index (κ3) is 7.16. The minimum absolute atomic E-state index is 0. The first-order valence-corrected chi connectivity index (χ1v) is 12.0. The Labute approximate surface area is 240 Å². The summed E-state index contributed by atoms with van der Waals surface area (Å²) >= 11 is 0. The molecule has 0 radical (unpaired) electrons. The molecule has 0 aliphatic rings. The maximum Gasteiger partial charge on any atom is 0.255 e. The second-order valence-corrected chi connectivity index (χ2v) is 9.07. The summed E-state index contributed by atoms with van der Waals surface area (Å²) in [6.45, 7) is 0. The van der Waals surface area contributed by atoms with Gasteiger partial charge in [0.05, 0.1) is 11.2 Å². The van der Waals surface area contributed by atoms with Gasteiger partial charge in [-0.3, -0.25) is 9.78 Å². The zero-order chi connectivity index (χ0) is 25.8. The van der Waals surface area contributed by atoms with E-state index in [0.29, 0.717) is 5.56 Å². The zero-order valence-corrected chi connectivity index (χ0v) is 23.4. The molecule has 0 bridgehead atoms. The van der Waals surface area contributed by atoms with Gasteiger partial charge in [0.2, 0.25) is 0 Å². The highest BCUT2D eigenvalue weighted by molar-refractivity contribution is 6.05. The molecule has 0 saturated heterocycles. The van der Waals surface area contributed by atoms with Crippen molar-refractivity contribution in [3.05, 3.63) is 109 Å². The summed E-state index contributed by atoms with van der Waals surface area (Å²) in [5.74, 6) is -0.166. The van der Waals surface area contributed by atoms with Crippen LogP contribution in [0.15, 0.2) is 104 Å². The Bertz CT molecular complexity index is 1560. The van der Waals surface area contributed by atoms with Gasteiger partial charge in [0.15, 0.2) is 12.4 Å². The fourth-order valence-corrected chi connectivity index (χ4v) is 4.01. The summed E-state index contributed by atoms with van der Waals surface area (Å²) in [6, 6.07) is 27.3. The molecule has 0 saturated carbocycles. The molecule has 2 heterocycles. The third-order valence-corrected chi connectivity index (χ3v) is 6.06. The Morgan fingerprint density at radius 2 is 1.49 bits per heavy atom. The lowest BCUT2D eigenvalue weighted by molar-refractivity contribution is -0.671. The van der Waals surface area contributed by atoms with E-state index in [2.05, 4.69) is 44.0 Å². The molecular weight excluding hydrogens is 531 g/mol. The van der Waals surface area contributed by atoms with Crippen molar-refractivity contribution >= 4 is 63.3 Å². The van der Waals surface area contributed by atoms with Crippen molar-refractivity contribution in [3.63, 3.8) is 0 Å². The molecule has 0 aliphatic heterocycles. The van der Waals surface area contributed by atoms with Crippen LogP contribution in [0.5, 0.6) is 0 Å². The van der Waals surface area contributed by atoms with E-state index >= 15 is 0 Å². The lowest BCUT2D eigenvalue weighted by atomic mass is 10.1. The summed E-state index contributed by atoms with van der Waals surface area (Å²) in [6.07, 6.45) is 5.74. The van der Waals surface area contributed by atoms with Crippen molar-refractivity contribution in [3.8, 4) is 0 Å². The molecule has 0 unspecified atom stereocenters. The van der Waals surface area contributed by atoms with Crippen molar-refractivity contribution < 1.29 is 21.8 Å². The summed E-state index contributed by atoms with van der Waals surface area (Å²) in [5.41, 5.74) is 7.04. The molecule has 3 aromatic carbocycles. The Kier molecular flexibility index (Phi) is 9.71. The molecule has 0 atom stereocenters. The summed E-state index contributed by atoms with van der Waals surface area (Å²) in [5, 5.41) is 10.8. The van der Waals surface area contributed by atoms with Crippen molar-refractivity contribution in [2.75, 3.05) is 34.9 Å². The Morgan fingerprint density at radius 3 is 2.21 bits per heavy atom. The maximum atomic E-state index is 12.9. The number of nitrogens with zero attached hydrogens (tertiary/aromatic N) is 3. The Balaban J connectivity index is 0.00000210. The predicted molar refractivity (Wildman–Crippen MR) is 158 cm³/mol. The number of aryl methyl sites for hydroxylation is 1. The van der Waals surface area contributed by atoms with Crippen LogP contribution < -0.4 is 37.8 Å². The molecule has 3 N–H and O–H groups in total. The molecule has 0 fully saturated rings. The molecule has 200 valence electrons. The van der Waals surface area contributed by atoms with Crippen molar-refractivity contribution in [1.29, 1.82) is 0 Å². The van der Waals surface area contributed by atoms with Gasteiger partial charge in [-0.15, -0.1) is 12.4 Å². The molecular formula is C30H30Cl2N6O. The number of pyridine rings is 2. The molecule has 1 amide bonds. The van der Waals surface area contributed by atoms with Crippen molar-refractivity contribution in [1.82, 2.24) is 4.98 Å². The molecule has 2 aromatic heterocycles. The smallest absolute Gasteiger partial charge is 0.255 e. The van der Waals surface area contributed by atoms with E-state index in [4.69, 9.17) is 0 Å². The normalized spacial score (nSPS) is 10.1. The Morgan fingerprint density at radius 1 is 0.795 bits per heavy atom. The number of benzene rings is 3. The van der Waals surface area contributed by atoms with E-state index in [0.717, 1.165) is 45.0 Å². The fourth-order valence-electron chi connectivity index (χ4n) is 4.01. The Hall–Kier alpha value is -4.33. The number of rotatable bonds is 7. The first-order valence-electron chi connectivity index (χ1n) is 12.0. The third-order valence-electron chi connectivity index (χ3n) is 6.06. The van der Waals surface area contributed by atoms with Gasteiger partial charge in [0, 0.05) is 71.8 Å². The highest BCUT2D eigenvalue weighted by Gasteiger charge is 2.09. The second-order valence-electron chi connectivity index (χ2n) is 9.07. The number of carbonyl (C=O) groups is 1. The summed E-state index contributed by atoms with van der Waals surface area (Å²) in [7, 11) is 6.00. The van der Waals surface area contributed by atoms with Gasteiger partial charge in [0.1, 0.15) is 7.05 Å². The zero-order valence-electron chi connectivity index (χ0n) is 21.9. The topological polar surface area (TPSA) is 73.2 Å². The van der Waals surface area contributed by atoms with Crippen LogP contribution in [0.3, 0.4) is 0 Å². The number of hydrogen-bond donors (Lipinski definition) is 3. The number of amides is 1. The average Bonchev–Trinajstić information content (AvgIpc) is 2.91. The van der Waals surface area contributed by atoms with Crippen LogP contribution in [0.25, 0.3) is 10.9 Å². The quantitative estimate of drug-likeness (QED) is 0.266. The number of carbonyl (C=O) groups excluding carboxylic acids is 1. The maximum absolute atomic E-state index is 12.9. The lowest BCUT2D eigenvalue weighted by Crippen LogP contribution is -3.00. The van der Waals surface area contributed by atoms with E-state index < -0.39 is 0 Å². The van der Waals surface area contributed by atoms with Crippen LogP contribution in [0, 0.1) is 0 Å². The average molecular weight is 562 g/mol. The van der Waals surface area contributed by atoms with E-state index in [-0.39, 0.29) is 30.7 Å². The summed E-state index contributed by atoms with van der Waals surface area (Å²) in [4.78, 5) is 19.5. The number of nitrogens with one attached hydrogen (secondary N) is 3. The van der Waals surface area contributed by atoms with E-state index in [9.17, 15) is 4.79 Å². The van der Waals surface area contributed by atoms with Crippen LogP contribution in [-0.4, -0.2) is 25.0 Å². The number of fused-ring (bicyclic) bond motifs is 1. The van der Waals surface area contributed by atoms with Gasteiger partial charge in [-0.05, 0) is 66.7 Å². The number of hydrogen-bond acceptors (Lipinski definition) is 5. The summed E-state index contributed by atoms with van der Waals surface area (Å²) < 4.78 is 1.97. The van der Waals surface area contributed by atoms with E-state index in [1.807, 2.05) is 98.8 Å². The van der Waals surface area contributed by atoms with Crippen LogP contribution in [-0.2, 0) is 7.05 Å². The predicted octanol–water partition coefficient (Wildman–Crippen LogP) is 3.29. The SMILES string of the molecule is CN(C)c1ccc2c(Nc3ccc(NC(=O)c4cccc(Nc5cc[n+](C)cc5)c4)cc3)ccnc2c1.Cl.[Cl-]. The van der Waals surface area contributed by atoms with Gasteiger partial charge in [-0.25, -0.2) is 4.57 Å². The van der Waals surface area contributed by atoms with Gasteiger partial charge < -0.3 is 33.3 Å². The van der Waals surface area contributed by atoms with Crippen LogP contribution in [0.2, 0.25) is 0 Å². The van der Waals surface area contributed by atoms with E-state index in [1.54, 1.807) is 12.3 Å². The van der Waals surface area contributed by atoms with E-state index in [1.165, 1.54) is 0 Å². The van der Waals surface area contributed by atoms with Gasteiger partial charge in [0.25, 0.3) is 5.91 Å². The molecule has 9 heteroatoms. The highest BCUT2D eigenvalue weighted by Crippen LogP contribution is 2.28. The first kappa shape index (κ1) is 29.2. The van der Waals surface area contributed by atoms with Crippen LogP contribution in [0.1, 0.15) is 10.4 Å². The highest BCUT2D eigenvalue weighted by atomic mass is 35.5. The van der Waals surface area contributed by atoms with Crippen LogP contribution >= 0.6 is 12.4 Å². The van der Waals surface area contributed by atoms with Crippen molar-refractivity contribution in [2.24, 2.45) is 7.05 Å². The number of halogens is 2. The van der Waals surface area contributed by atoms with Gasteiger partial charge in [-0.2, -0.15) is 0 Å². The first-order chi connectivity index (χ1) is 17.9. The standard InChI is InChI=1S/C30H28N6O.2ClH/c1-35(2)26-11-12-27-28(13-16-31-29(27)20-26)33-22-7-9-23(10-8-22)34-30(37)21-5-4-6-25(19-21)32-24-14-17-36(3)18-15-24;;/h4-20H,1-3H3,(H2,31,33,34,37);2*1H. The fraction of sp³-hybridized carbons (Fsp3) is 0.100. The van der Waals surface area contributed by atoms with Gasteiger partial charge >= 0.3 is 0 Å². The molecule has 5 rings (SSSR count). The largest absolute Gasteiger partial charge is 1.00 e. The molecule has 39 heavy (non-hydrogen) atoms. The number of anilines is 6. The lowest BCUT2D eigenvalue weighted by Gasteiger charge is -2.15. The molecule has 5 aromatic rings. The minimum atomic E-state index is -0.166. The number of aromatic nitrogens is 2. The molecule has 0 aliphatic carbocycles. The monoisotopic (exact) mass is 560 g/mol. The minimum Gasteiger partial charge on any atom is -1.00 e.